The topological polar surface area (TPSA) is 70.2 Å². The van der Waals surface area contributed by atoms with Crippen molar-refractivity contribution in [2.24, 2.45) is 5.92 Å². The Balaban J connectivity index is 0.00000529. The molecule has 0 bridgehead atoms. The van der Waals surface area contributed by atoms with Gasteiger partial charge >= 0.3 is 0 Å². The standard InChI is InChI=1S/C18H29N3O2.ClH/c1-5-13(3)16(18(23)20-12-14(4)19-6-2)21-17(22)15-10-8-7-9-11-15;/h7-11,13-14,16,19H,5-6,12H2,1-4H3,(H,20,23)(H,21,22);1H/t13?,14-,16?;/m1./s1. The Morgan fingerprint density at radius 3 is 2.25 bits per heavy atom. The number of likely N-dealkylation sites (N-methyl/N-ethyl adjacent to an activating group) is 1. The molecule has 5 nitrogen and oxygen atoms in total. The van der Waals surface area contributed by atoms with Crippen LogP contribution in [-0.2, 0) is 4.79 Å². The molecule has 3 N–H and O–H groups in total. The van der Waals surface area contributed by atoms with E-state index < -0.39 is 6.04 Å². The molecular formula is C18H30ClN3O2. The van der Waals surface area contributed by atoms with Crippen LogP contribution in [0, 0.1) is 5.92 Å². The van der Waals surface area contributed by atoms with E-state index in [0.717, 1.165) is 13.0 Å². The Morgan fingerprint density at radius 2 is 1.71 bits per heavy atom. The Bertz CT molecular complexity index is 496. The van der Waals surface area contributed by atoms with E-state index in [9.17, 15) is 9.59 Å². The lowest BCUT2D eigenvalue weighted by molar-refractivity contribution is -0.124. The van der Waals surface area contributed by atoms with Gasteiger partial charge < -0.3 is 16.0 Å². The highest BCUT2D eigenvalue weighted by atomic mass is 35.5. The summed E-state index contributed by atoms with van der Waals surface area (Å²) in [6.45, 7) is 9.44. The molecule has 0 fully saturated rings. The van der Waals surface area contributed by atoms with Crippen LogP contribution in [0.25, 0.3) is 0 Å². The van der Waals surface area contributed by atoms with Crippen molar-refractivity contribution in [3.8, 4) is 0 Å². The largest absolute Gasteiger partial charge is 0.353 e. The van der Waals surface area contributed by atoms with E-state index in [1.165, 1.54) is 0 Å². The summed E-state index contributed by atoms with van der Waals surface area (Å²) in [5.74, 6) is -0.281. The molecule has 6 heteroatoms. The molecule has 0 spiro atoms. The molecule has 0 saturated heterocycles. The zero-order valence-electron chi connectivity index (χ0n) is 15.0. The first kappa shape index (κ1) is 22.4. The van der Waals surface area contributed by atoms with Crippen LogP contribution < -0.4 is 16.0 Å². The van der Waals surface area contributed by atoms with Crippen molar-refractivity contribution >= 4 is 24.2 Å². The van der Waals surface area contributed by atoms with Gasteiger partial charge in [-0.1, -0.05) is 45.4 Å². The fraction of sp³-hybridized carbons (Fsp3) is 0.556. The van der Waals surface area contributed by atoms with Crippen molar-refractivity contribution < 1.29 is 9.59 Å². The predicted molar refractivity (Wildman–Crippen MR) is 101 cm³/mol. The van der Waals surface area contributed by atoms with Crippen LogP contribution in [0.2, 0.25) is 0 Å². The third-order valence-corrected chi connectivity index (χ3v) is 3.95. The number of carbonyl (C=O) groups is 2. The Kier molecular flexibility index (Phi) is 11.1. The second-order valence-electron chi connectivity index (χ2n) is 5.91. The molecule has 3 atom stereocenters. The first-order chi connectivity index (χ1) is 11.0. The van der Waals surface area contributed by atoms with Gasteiger partial charge in [0.2, 0.25) is 5.91 Å². The molecule has 0 radical (unpaired) electrons. The number of rotatable bonds is 9. The lowest BCUT2D eigenvalue weighted by Crippen LogP contribution is -2.52. The highest BCUT2D eigenvalue weighted by molar-refractivity contribution is 5.97. The zero-order chi connectivity index (χ0) is 17.2. The molecule has 1 rings (SSSR count). The van der Waals surface area contributed by atoms with Crippen molar-refractivity contribution in [1.29, 1.82) is 0 Å². The fourth-order valence-corrected chi connectivity index (χ4v) is 2.30. The summed E-state index contributed by atoms with van der Waals surface area (Å²) < 4.78 is 0. The van der Waals surface area contributed by atoms with E-state index in [4.69, 9.17) is 0 Å². The SMILES string of the molecule is CCN[C@H](C)CNC(=O)C(NC(=O)c1ccccc1)C(C)CC.Cl. The first-order valence-corrected chi connectivity index (χ1v) is 8.36. The summed E-state index contributed by atoms with van der Waals surface area (Å²) in [6, 6.07) is 8.64. The second-order valence-corrected chi connectivity index (χ2v) is 5.91. The van der Waals surface area contributed by atoms with Crippen molar-refractivity contribution in [2.45, 2.75) is 46.2 Å². The summed E-state index contributed by atoms with van der Waals surface area (Å²) in [7, 11) is 0. The van der Waals surface area contributed by atoms with Gasteiger partial charge in [-0.3, -0.25) is 9.59 Å². The van der Waals surface area contributed by atoms with E-state index in [2.05, 4.69) is 16.0 Å². The van der Waals surface area contributed by atoms with Crippen LogP contribution in [0.15, 0.2) is 30.3 Å². The number of nitrogens with one attached hydrogen (secondary N) is 3. The molecular weight excluding hydrogens is 326 g/mol. The third kappa shape index (κ3) is 7.32. The van der Waals surface area contributed by atoms with Crippen molar-refractivity contribution in [2.75, 3.05) is 13.1 Å². The molecule has 0 aliphatic heterocycles. The maximum absolute atomic E-state index is 12.5. The summed E-state index contributed by atoms with van der Waals surface area (Å²) >= 11 is 0. The molecule has 0 saturated carbocycles. The smallest absolute Gasteiger partial charge is 0.251 e. The van der Waals surface area contributed by atoms with Crippen molar-refractivity contribution in [3.63, 3.8) is 0 Å². The Labute approximate surface area is 151 Å². The number of hydrogen-bond acceptors (Lipinski definition) is 3. The summed E-state index contributed by atoms with van der Waals surface area (Å²) in [6.07, 6.45) is 0.815. The zero-order valence-corrected chi connectivity index (χ0v) is 15.8. The molecule has 0 aromatic heterocycles. The Hall–Kier alpha value is -1.59. The van der Waals surface area contributed by atoms with E-state index in [1.807, 2.05) is 45.9 Å². The minimum absolute atomic E-state index is 0. The summed E-state index contributed by atoms with van der Waals surface area (Å²) in [5, 5.41) is 9.04. The molecule has 1 aromatic carbocycles. The molecule has 0 aliphatic rings. The molecule has 0 heterocycles. The average molecular weight is 356 g/mol. The predicted octanol–water partition coefficient (Wildman–Crippen LogP) is 2.37. The van der Waals surface area contributed by atoms with E-state index in [1.54, 1.807) is 12.1 Å². The van der Waals surface area contributed by atoms with Gasteiger partial charge in [-0.25, -0.2) is 0 Å². The van der Waals surface area contributed by atoms with Crippen molar-refractivity contribution in [3.05, 3.63) is 35.9 Å². The van der Waals surface area contributed by atoms with E-state index in [-0.39, 0.29) is 36.2 Å². The van der Waals surface area contributed by atoms with Gasteiger partial charge in [0.1, 0.15) is 6.04 Å². The lowest BCUT2D eigenvalue weighted by Gasteiger charge is -2.24. The number of benzene rings is 1. The lowest BCUT2D eigenvalue weighted by atomic mass is 9.97. The first-order valence-electron chi connectivity index (χ1n) is 8.36. The summed E-state index contributed by atoms with van der Waals surface area (Å²) in [4.78, 5) is 24.8. The van der Waals surface area contributed by atoms with Gasteiger partial charge in [0.15, 0.2) is 0 Å². The number of amides is 2. The van der Waals surface area contributed by atoms with Gasteiger partial charge in [-0.15, -0.1) is 12.4 Å². The van der Waals surface area contributed by atoms with Crippen LogP contribution in [0.1, 0.15) is 44.5 Å². The van der Waals surface area contributed by atoms with Crippen LogP contribution in [0.4, 0.5) is 0 Å². The van der Waals surface area contributed by atoms with E-state index in [0.29, 0.717) is 12.1 Å². The molecule has 0 aliphatic carbocycles. The molecule has 2 amide bonds. The molecule has 2 unspecified atom stereocenters. The van der Waals surface area contributed by atoms with Crippen LogP contribution in [0.5, 0.6) is 0 Å². The monoisotopic (exact) mass is 355 g/mol. The van der Waals surface area contributed by atoms with Crippen LogP contribution in [0.3, 0.4) is 0 Å². The number of hydrogen-bond donors (Lipinski definition) is 3. The summed E-state index contributed by atoms with van der Waals surface area (Å²) in [5.41, 5.74) is 0.564. The molecule has 1 aromatic rings. The minimum Gasteiger partial charge on any atom is -0.353 e. The molecule has 24 heavy (non-hydrogen) atoms. The second kappa shape index (κ2) is 11.9. The van der Waals surface area contributed by atoms with Gasteiger partial charge in [0.25, 0.3) is 5.91 Å². The highest BCUT2D eigenvalue weighted by Crippen LogP contribution is 2.09. The van der Waals surface area contributed by atoms with E-state index >= 15 is 0 Å². The van der Waals surface area contributed by atoms with Gasteiger partial charge in [0.05, 0.1) is 0 Å². The van der Waals surface area contributed by atoms with Crippen LogP contribution >= 0.6 is 12.4 Å². The number of carbonyl (C=O) groups excluding carboxylic acids is 2. The van der Waals surface area contributed by atoms with Gasteiger partial charge in [0, 0.05) is 18.2 Å². The highest BCUT2D eigenvalue weighted by Gasteiger charge is 2.26. The molecule has 136 valence electrons. The quantitative estimate of drug-likeness (QED) is 0.637. The van der Waals surface area contributed by atoms with Crippen molar-refractivity contribution in [1.82, 2.24) is 16.0 Å². The van der Waals surface area contributed by atoms with Crippen LogP contribution in [-0.4, -0.2) is 37.0 Å². The average Bonchev–Trinajstić information content (AvgIpc) is 2.57. The normalized spacial score (nSPS) is 14.0. The minimum atomic E-state index is -0.526. The maximum Gasteiger partial charge on any atom is 0.251 e. The van der Waals surface area contributed by atoms with Gasteiger partial charge in [-0.05, 0) is 31.5 Å². The van der Waals surface area contributed by atoms with Gasteiger partial charge in [-0.2, -0.15) is 0 Å². The fourth-order valence-electron chi connectivity index (χ4n) is 2.30. The third-order valence-electron chi connectivity index (χ3n) is 3.95. The Morgan fingerprint density at radius 1 is 1.08 bits per heavy atom. The maximum atomic E-state index is 12.5. The number of halogens is 1.